The third-order valence-corrected chi connectivity index (χ3v) is 4.22. The lowest BCUT2D eigenvalue weighted by molar-refractivity contribution is 0.280. The molecule has 0 amide bonds. The molecule has 1 aromatic rings. The normalized spacial score (nSPS) is 12.9. The SMILES string of the molecule is CCCOc1ccc(OCCC(C)CCS(=O)(=O)Cl)cc1. The van der Waals surface area contributed by atoms with Gasteiger partial charge in [-0.25, -0.2) is 8.42 Å². The number of halogens is 1. The van der Waals surface area contributed by atoms with Gasteiger partial charge in [-0.2, -0.15) is 0 Å². The molecule has 0 aromatic heterocycles. The minimum atomic E-state index is -3.39. The molecule has 0 N–H and O–H groups in total. The molecule has 4 nitrogen and oxygen atoms in total. The van der Waals surface area contributed by atoms with Gasteiger partial charge in [0.05, 0.1) is 19.0 Å². The first-order valence-electron chi connectivity index (χ1n) is 7.18. The van der Waals surface area contributed by atoms with E-state index in [1.54, 1.807) is 0 Å². The summed E-state index contributed by atoms with van der Waals surface area (Å²) < 4.78 is 32.8. The van der Waals surface area contributed by atoms with Gasteiger partial charge in [0.2, 0.25) is 9.05 Å². The van der Waals surface area contributed by atoms with Crippen LogP contribution >= 0.6 is 10.7 Å². The molecule has 0 aliphatic rings. The van der Waals surface area contributed by atoms with Crippen molar-refractivity contribution >= 4 is 19.7 Å². The minimum absolute atomic E-state index is 0.0131. The Morgan fingerprint density at radius 1 is 1.05 bits per heavy atom. The number of hydrogen-bond acceptors (Lipinski definition) is 4. The molecule has 0 saturated carbocycles. The Labute approximate surface area is 131 Å². The smallest absolute Gasteiger partial charge is 0.232 e. The van der Waals surface area contributed by atoms with Crippen molar-refractivity contribution in [3.8, 4) is 11.5 Å². The summed E-state index contributed by atoms with van der Waals surface area (Å²) in [6.07, 6.45) is 2.33. The Kier molecular flexibility index (Phi) is 7.89. The zero-order chi connectivity index (χ0) is 15.7. The van der Waals surface area contributed by atoms with Gasteiger partial charge in [0.25, 0.3) is 0 Å². The van der Waals surface area contributed by atoms with Crippen LogP contribution in [0.2, 0.25) is 0 Å². The van der Waals surface area contributed by atoms with Crippen molar-refractivity contribution in [3.63, 3.8) is 0 Å². The van der Waals surface area contributed by atoms with Crippen LogP contribution in [0.25, 0.3) is 0 Å². The molecule has 0 fully saturated rings. The zero-order valence-corrected chi connectivity index (χ0v) is 14.1. The van der Waals surface area contributed by atoms with Crippen LogP contribution in [0.1, 0.15) is 33.1 Å². The Hall–Kier alpha value is -0.940. The molecule has 1 rings (SSSR count). The van der Waals surface area contributed by atoms with E-state index in [0.717, 1.165) is 24.3 Å². The summed E-state index contributed by atoms with van der Waals surface area (Å²) in [5.74, 6) is 1.89. The predicted octanol–water partition coefficient (Wildman–Crippen LogP) is 3.84. The molecule has 0 saturated heterocycles. The minimum Gasteiger partial charge on any atom is -0.494 e. The highest BCUT2D eigenvalue weighted by Gasteiger charge is 2.09. The number of ether oxygens (including phenoxy) is 2. The van der Waals surface area contributed by atoms with Gasteiger partial charge in [-0.1, -0.05) is 13.8 Å². The summed E-state index contributed by atoms with van der Waals surface area (Å²) in [5.41, 5.74) is 0. The van der Waals surface area contributed by atoms with Crippen molar-refractivity contribution in [2.24, 2.45) is 5.92 Å². The van der Waals surface area contributed by atoms with E-state index in [1.807, 2.05) is 31.2 Å². The van der Waals surface area contributed by atoms with Crippen molar-refractivity contribution in [2.45, 2.75) is 33.1 Å². The average Bonchev–Trinajstić information content (AvgIpc) is 2.43. The summed E-state index contributed by atoms with van der Waals surface area (Å²) >= 11 is 0. The fraction of sp³-hybridized carbons (Fsp3) is 0.600. The monoisotopic (exact) mass is 334 g/mol. The van der Waals surface area contributed by atoms with E-state index in [-0.39, 0.29) is 11.7 Å². The van der Waals surface area contributed by atoms with Crippen LogP contribution in [-0.2, 0) is 9.05 Å². The van der Waals surface area contributed by atoms with Crippen LogP contribution in [0.3, 0.4) is 0 Å². The highest BCUT2D eigenvalue weighted by molar-refractivity contribution is 8.13. The van der Waals surface area contributed by atoms with Crippen LogP contribution < -0.4 is 9.47 Å². The van der Waals surface area contributed by atoms with Crippen LogP contribution in [0.15, 0.2) is 24.3 Å². The average molecular weight is 335 g/mol. The second-order valence-electron chi connectivity index (χ2n) is 5.09. The lowest BCUT2D eigenvalue weighted by atomic mass is 10.1. The van der Waals surface area contributed by atoms with Gasteiger partial charge in [-0.3, -0.25) is 0 Å². The van der Waals surface area contributed by atoms with E-state index in [0.29, 0.717) is 19.6 Å². The van der Waals surface area contributed by atoms with Gasteiger partial charge in [0.15, 0.2) is 0 Å². The molecule has 0 bridgehead atoms. The van der Waals surface area contributed by atoms with Crippen molar-refractivity contribution < 1.29 is 17.9 Å². The Morgan fingerprint density at radius 3 is 2.05 bits per heavy atom. The van der Waals surface area contributed by atoms with Gasteiger partial charge < -0.3 is 9.47 Å². The van der Waals surface area contributed by atoms with Gasteiger partial charge in [-0.15, -0.1) is 0 Å². The lowest BCUT2D eigenvalue weighted by Gasteiger charge is -2.12. The predicted molar refractivity (Wildman–Crippen MR) is 85.8 cm³/mol. The van der Waals surface area contributed by atoms with Gasteiger partial charge in [0, 0.05) is 10.7 Å². The van der Waals surface area contributed by atoms with Crippen molar-refractivity contribution in [2.75, 3.05) is 19.0 Å². The molecular weight excluding hydrogens is 312 g/mol. The van der Waals surface area contributed by atoms with Crippen LogP contribution in [0.4, 0.5) is 0 Å². The third kappa shape index (κ3) is 8.83. The van der Waals surface area contributed by atoms with Gasteiger partial charge in [-0.05, 0) is 49.4 Å². The van der Waals surface area contributed by atoms with E-state index in [1.165, 1.54) is 0 Å². The molecule has 0 radical (unpaired) electrons. The Morgan fingerprint density at radius 2 is 1.57 bits per heavy atom. The molecule has 1 atom stereocenters. The summed E-state index contributed by atoms with van der Waals surface area (Å²) in [4.78, 5) is 0. The number of benzene rings is 1. The van der Waals surface area contributed by atoms with Crippen LogP contribution in [-0.4, -0.2) is 27.4 Å². The zero-order valence-electron chi connectivity index (χ0n) is 12.5. The summed E-state index contributed by atoms with van der Waals surface area (Å²) in [6.45, 7) is 5.32. The first-order valence-corrected chi connectivity index (χ1v) is 9.66. The second-order valence-corrected chi connectivity index (χ2v) is 7.99. The van der Waals surface area contributed by atoms with Crippen molar-refractivity contribution in [3.05, 3.63) is 24.3 Å². The summed E-state index contributed by atoms with van der Waals surface area (Å²) in [5, 5.41) is 0. The van der Waals surface area contributed by atoms with Crippen LogP contribution in [0.5, 0.6) is 11.5 Å². The van der Waals surface area contributed by atoms with Gasteiger partial charge in [0.1, 0.15) is 11.5 Å². The number of rotatable bonds is 10. The summed E-state index contributed by atoms with van der Waals surface area (Å²) in [6, 6.07) is 7.51. The summed E-state index contributed by atoms with van der Waals surface area (Å²) in [7, 11) is 1.80. The molecule has 0 heterocycles. The second kappa shape index (κ2) is 9.15. The largest absolute Gasteiger partial charge is 0.494 e. The first kappa shape index (κ1) is 18.1. The molecule has 1 unspecified atom stereocenters. The maximum atomic E-state index is 10.9. The molecule has 1 aromatic carbocycles. The molecule has 0 spiro atoms. The maximum absolute atomic E-state index is 10.9. The molecule has 120 valence electrons. The number of hydrogen-bond donors (Lipinski definition) is 0. The first-order chi connectivity index (χ1) is 9.90. The molecule has 6 heteroatoms. The standard InChI is InChI=1S/C15H23ClO4S/c1-3-10-19-14-4-6-15(7-5-14)20-11-8-13(2)9-12-21(16,17)18/h4-7,13H,3,8-12H2,1-2H3. The fourth-order valence-electron chi connectivity index (χ4n) is 1.72. The van der Waals surface area contributed by atoms with E-state index in [2.05, 4.69) is 6.92 Å². The highest BCUT2D eigenvalue weighted by Crippen LogP contribution is 2.19. The van der Waals surface area contributed by atoms with Gasteiger partial charge >= 0.3 is 0 Å². The van der Waals surface area contributed by atoms with Crippen molar-refractivity contribution in [1.82, 2.24) is 0 Å². The van der Waals surface area contributed by atoms with E-state index < -0.39 is 9.05 Å². The maximum Gasteiger partial charge on any atom is 0.232 e. The van der Waals surface area contributed by atoms with Crippen molar-refractivity contribution in [1.29, 1.82) is 0 Å². The highest BCUT2D eigenvalue weighted by atomic mass is 35.7. The molecule has 21 heavy (non-hydrogen) atoms. The fourth-order valence-corrected chi connectivity index (χ4v) is 2.67. The molecule has 0 aliphatic carbocycles. The third-order valence-electron chi connectivity index (χ3n) is 3.03. The Bertz CT molecular complexity index is 499. The van der Waals surface area contributed by atoms with Crippen LogP contribution in [0, 0.1) is 5.92 Å². The lowest BCUT2D eigenvalue weighted by Crippen LogP contribution is -2.08. The molecular formula is C15H23ClO4S. The van der Waals surface area contributed by atoms with E-state index >= 15 is 0 Å². The Balaban J connectivity index is 2.25. The van der Waals surface area contributed by atoms with E-state index in [4.69, 9.17) is 20.2 Å². The topological polar surface area (TPSA) is 52.6 Å². The molecule has 0 aliphatic heterocycles. The van der Waals surface area contributed by atoms with E-state index in [9.17, 15) is 8.42 Å². The quantitative estimate of drug-likeness (QED) is 0.610.